The zero-order valence-corrected chi connectivity index (χ0v) is 17.8. The van der Waals surface area contributed by atoms with Gasteiger partial charge in [0.05, 0.1) is 23.9 Å². The first-order valence-corrected chi connectivity index (χ1v) is 10.5. The van der Waals surface area contributed by atoms with Gasteiger partial charge in [0.25, 0.3) is 5.91 Å². The van der Waals surface area contributed by atoms with Crippen molar-refractivity contribution >= 4 is 40.0 Å². The molecule has 148 valence electrons. The third-order valence-corrected chi connectivity index (χ3v) is 5.87. The van der Waals surface area contributed by atoms with E-state index in [0.717, 1.165) is 5.56 Å². The van der Waals surface area contributed by atoms with Gasteiger partial charge in [0.2, 0.25) is 0 Å². The lowest BCUT2D eigenvalue weighted by Crippen LogP contribution is -2.31. The van der Waals surface area contributed by atoms with Gasteiger partial charge < -0.3 is 10.1 Å². The highest BCUT2D eigenvalue weighted by Gasteiger charge is 2.39. The average Bonchev–Trinajstić information content (AvgIpc) is 2.73. The number of aliphatic imine (C=N–C) groups is 1. The second kappa shape index (κ2) is 9.17. The van der Waals surface area contributed by atoms with Gasteiger partial charge in [0, 0.05) is 22.2 Å². The molecule has 1 amide bonds. The molecule has 0 aromatic heterocycles. The second-order valence-electron chi connectivity index (χ2n) is 6.41. The fraction of sp³-hybridized carbons (Fsp3) is 0.227. The molecule has 29 heavy (non-hydrogen) atoms. The summed E-state index contributed by atoms with van der Waals surface area (Å²) in [4.78, 5) is 17.9. The summed E-state index contributed by atoms with van der Waals surface area (Å²) < 4.78 is 5.33. The fourth-order valence-electron chi connectivity index (χ4n) is 3.44. The Morgan fingerprint density at radius 1 is 1.24 bits per heavy atom. The molecule has 0 fully saturated rings. The maximum atomic E-state index is 13.3. The number of amides is 1. The number of carbonyl (C=O) groups excluding carboxylic acids is 1. The minimum atomic E-state index is -0.605. The standard InChI is InChI=1S/C22H20ClN3O2S/c1-13-19(21(27)26-17-10-6-7-11-18(17)28-2)20(14-8-4-5-9-16(14)23)15(12-24)22(25-13)29-3/h4-11,15,20H,1-3H3,(H,26,27). The smallest absolute Gasteiger partial charge is 0.254 e. The SMILES string of the molecule is COc1ccccc1NC(=O)C1=C(C)N=C(SC)C(C#N)C1c1ccccc1Cl. The zero-order chi connectivity index (χ0) is 21.0. The van der Waals surface area contributed by atoms with E-state index in [2.05, 4.69) is 16.4 Å². The van der Waals surface area contributed by atoms with Gasteiger partial charge in [0.1, 0.15) is 11.7 Å². The Morgan fingerprint density at radius 3 is 2.59 bits per heavy atom. The number of halogens is 1. The molecule has 2 aromatic rings. The van der Waals surface area contributed by atoms with Gasteiger partial charge in [-0.05, 0) is 36.9 Å². The molecule has 2 aromatic carbocycles. The number of nitriles is 1. The van der Waals surface area contributed by atoms with Crippen molar-refractivity contribution in [2.75, 3.05) is 18.7 Å². The van der Waals surface area contributed by atoms with E-state index in [9.17, 15) is 10.1 Å². The van der Waals surface area contributed by atoms with Crippen molar-refractivity contribution in [1.82, 2.24) is 0 Å². The number of ether oxygens (including phenoxy) is 1. The molecule has 1 aliphatic rings. The highest BCUT2D eigenvalue weighted by Crippen LogP contribution is 2.43. The Bertz CT molecular complexity index is 1040. The molecule has 3 rings (SSSR count). The van der Waals surface area contributed by atoms with E-state index >= 15 is 0 Å². The largest absolute Gasteiger partial charge is 0.495 e. The Morgan fingerprint density at radius 2 is 1.93 bits per heavy atom. The van der Waals surface area contributed by atoms with Crippen LogP contribution in [0.4, 0.5) is 5.69 Å². The molecule has 1 N–H and O–H groups in total. The quantitative estimate of drug-likeness (QED) is 0.724. The van der Waals surface area contributed by atoms with E-state index in [-0.39, 0.29) is 5.91 Å². The highest BCUT2D eigenvalue weighted by molar-refractivity contribution is 8.13. The van der Waals surface area contributed by atoms with Gasteiger partial charge in [0.15, 0.2) is 0 Å². The predicted molar refractivity (Wildman–Crippen MR) is 119 cm³/mol. The second-order valence-corrected chi connectivity index (χ2v) is 7.65. The van der Waals surface area contributed by atoms with E-state index in [0.29, 0.717) is 32.8 Å². The van der Waals surface area contributed by atoms with Crippen LogP contribution in [0, 0.1) is 17.2 Å². The fourth-order valence-corrected chi connectivity index (χ4v) is 4.36. The van der Waals surface area contributed by atoms with Gasteiger partial charge in [-0.1, -0.05) is 41.9 Å². The van der Waals surface area contributed by atoms with E-state index < -0.39 is 11.8 Å². The van der Waals surface area contributed by atoms with Crippen LogP contribution < -0.4 is 10.1 Å². The van der Waals surface area contributed by atoms with Gasteiger partial charge in [-0.25, -0.2) is 4.99 Å². The highest BCUT2D eigenvalue weighted by atomic mass is 35.5. The number of hydrogen-bond donors (Lipinski definition) is 1. The molecule has 5 nitrogen and oxygen atoms in total. The summed E-state index contributed by atoms with van der Waals surface area (Å²) in [5.41, 5.74) is 2.27. The van der Waals surface area contributed by atoms with Gasteiger partial charge in [-0.2, -0.15) is 5.26 Å². The van der Waals surface area contributed by atoms with Crippen LogP contribution >= 0.6 is 23.4 Å². The first-order chi connectivity index (χ1) is 14.0. The summed E-state index contributed by atoms with van der Waals surface area (Å²) in [6.07, 6.45) is 1.88. The lowest BCUT2D eigenvalue weighted by Gasteiger charge is -2.30. The number of nitrogens with zero attached hydrogens (tertiary/aromatic N) is 2. The monoisotopic (exact) mass is 425 g/mol. The van der Waals surface area contributed by atoms with Crippen LogP contribution in [0.25, 0.3) is 0 Å². The Balaban J connectivity index is 2.11. The van der Waals surface area contributed by atoms with E-state index in [4.69, 9.17) is 16.3 Å². The number of nitrogens with one attached hydrogen (secondary N) is 1. The Kier molecular flexibility index (Phi) is 6.63. The topological polar surface area (TPSA) is 74.5 Å². The summed E-state index contributed by atoms with van der Waals surface area (Å²) in [5.74, 6) is -0.911. The van der Waals surface area contributed by atoms with Crippen molar-refractivity contribution in [2.24, 2.45) is 10.9 Å². The first-order valence-electron chi connectivity index (χ1n) is 8.93. The van der Waals surface area contributed by atoms with E-state index in [1.54, 1.807) is 32.2 Å². The summed E-state index contributed by atoms with van der Waals surface area (Å²) in [6, 6.07) is 16.8. The summed E-state index contributed by atoms with van der Waals surface area (Å²) in [6.45, 7) is 1.78. The molecule has 2 atom stereocenters. The molecule has 0 saturated carbocycles. The van der Waals surface area contributed by atoms with Crippen LogP contribution in [-0.4, -0.2) is 24.3 Å². The summed E-state index contributed by atoms with van der Waals surface area (Å²) in [5, 5.41) is 14.0. The van der Waals surface area contributed by atoms with Crippen molar-refractivity contribution in [1.29, 1.82) is 5.26 Å². The summed E-state index contributed by atoms with van der Waals surface area (Å²) >= 11 is 7.87. The third-order valence-electron chi connectivity index (χ3n) is 4.77. The summed E-state index contributed by atoms with van der Waals surface area (Å²) in [7, 11) is 1.55. The van der Waals surface area contributed by atoms with Gasteiger partial charge in [-0.15, -0.1) is 11.8 Å². The number of carbonyl (C=O) groups is 1. The molecule has 0 radical (unpaired) electrons. The number of allylic oxidation sites excluding steroid dienone is 1. The van der Waals surface area contributed by atoms with Gasteiger partial charge in [-0.3, -0.25) is 4.79 Å². The van der Waals surface area contributed by atoms with Crippen molar-refractivity contribution < 1.29 is 9.53 Å². The maximum Gasteiger partial charge on any atom is 0.254 e. The third kappa shape index (κ3) is 4.16. The lowest BCUT2D eigenvalue weighted by molar-refractivity contribution is -0.113. The minimum Gasteiger partial charge on any atom is -0.495 e. The molecule has 1 aliphatic heterocycles. The number of benzene rings is 2. The Labute approximate surface area is 179 Å². The number of para-hydroxylation sites is 2. The number of rotatable bonds is 4. The van der Waals surface area contributed by atoms with Crippen LogP contribution in [0.3, 0.4) is 0 Å². The predicted octanol–water partition coefficient (Wildman–Crippen LogP) is 5.26. The van der Waals surface area contributed by atoms with Crippen LogP contribution in [0.2, 0.25) is 5.02 Å². The molecule has 0 spiro atoms. The van der Waals surface area contributed by atoms with Crippen LogP contribution in [0.15, 0.2) is 64.8 Å². The molecule has 7 heteroatoms. The molecule has 2 unspecified atom stereocenters. The molecule has 0 saturated heterocycles. The molecule has 0 bridgehead atoms. The van der Waals surface area contributed by atoms with E-state index in [1.165, 1.54) is 11.8 Å². The van der Waals surface area contributed by atoms with Crippen LogP contribution in [0.1, 0.15) is 18.4 Å². The van der Waals surface area contributed by atoms with Crippen molar-refractivity contribution in [3.8, 4) is 11.8 Å². The van der Waals surface area contributed by atoms with Crippen molar-refractivity contribution in [3.05, 3.63) is 70.4 Å². The van der Waals surface area contributed by atoms with Crippen LogP contribution in [-0.2, 0) is 4.79 Å². The van der Waals surface area contributed by atoms with Crippen LogP contribution in [0.5, 0.6) is 5.75 Å². The number of thioether (sulfide) groups is 1. The van der Waals surface area contributed by atoms with Crippen molar-refractivity contribution in [2.45, 2.75) is 12.8 Å². The first kappa shape index (κ1) is 21.0. The number of anilines is 1. The normalized spacial score (nSPS) is 18.7. The minimum absolute atomic E-state index is 0.332. The molecular weight excluding hydrogens is 406 g/mol. The zero-order valence-electron chi connectivity index (χ0n) is 16.3. The van der Waals surface area contributed by atoms with E-state index in [1.807, 2.05) is 36.6 Å². The van der Waals surface area contributed by atoms with Gasteiger partial charge >= 0.3 is 0 Å². The average molecular weight is 426 g/mol. The maximum absolute atomic E-state index is 13.3. The van der Waals surface area contributed by atoms with Crippen molar-refractivity contribution in [3.63, 3.8) is 0 Å². The number of hydrogen-bond acceptors (Lipinski definition) is 5. The Hall–Kier alpha value is -2.75. The molecule has 0 aliphatic carbocycles. The number of methoxy groups -OCH3 is 1. The molecular formula is C22H20ClN3O2S. The molecule has 1 heterocycles. The lowest BCUT2D eigenvalue weighted by atomic mass is 9.78.